The fourth-order valence-electron chi connectivity index (χ4n) is 6.22. The fourth-order valence-corrected chi connectivity index (χ4v) is 6.22. The van der Waals surface area contributed by atoms with Gasteiger partial charge < -0.3 is 9.72 Å². The second-order valence-electron chi connectivity index (χ2n) is 10.7. The predicted molar refractivity (Wildman–Crippen MR) is 158 cm³/mol. The first-order chi connectivity index (χ1) is 20.1. The summed E-state index contributed by atoms with van der Waals surface area (Å²) in [5, 5.41) is 0. The van der Waals surface area contributed by atoms with Crippen molar-refractivity contribution in [3.8, 4) is 33.9 Å². The Morgan fingerprint density at radius 1 is 0.829 bits per heavy atom. The van der Waals surface area contributed by atoms with Crippen molar-refractivity contribution in [3.05, 3.63) is 132 Å². The van der Waals surface area contributed by atoms with Crippen molar-refractivity contribution < 1.29 is 13.5 Å². The number of nitrogens with one attached hydrogen (secondary N) is 1. The number of H-pyrrole nitrogens is 1. The largest absolute Gasteiger partial charge is 0.457 e. The third kappa shape index (κ3) is 5.07. The predicted octanol–water partition coefficient (Wildman–Crippen LogP) is 8.46. The molecule has 41 heavy (non-hydrogen) atoms. The van der Waals surface area contributed by atoms with Gasteiger partial charge in [0.2, 0.25) is 0 Å². The minimum atomic E-state index is -0.858. The number of hydrogen-bond acceptors (Lipinski definition) is 3. The first kappa shape index (κ1) is 25.4. The quantitative estimate of drug-likeness (QED) is 0.233. The Morgan fingerprint density at radius 2 is 1.61 bits per heavy atom. The summed E-state index contributed by atoms with van der Waals surface area (Å²) >= 11 is 0. The van der Waals surface area contributed by atoms with Crippen LogP contribution in [0.5, 0.6) is 11.5 Å². The summed E-state index contributed by atoms with van der Waals surface area (Å²) in [6.45, 7) is 2.00. The molecule has 0 amide bonds. The molecule has 0 saturated carbocycles. The third-order valence-corrected chi connectivity index (χ3v) is 8.25. The van der Waals surface area contributed by atoms with E-state index in [0.717, 1.165) is 59.8 Å². The number of pyridine rings is 1. The molecule has 1 N–H and O–H groups in total. The van der Waals surface area contributed by atoms with Gasteiger partial charge in [0.1, 0.15) is 11.5 Å². The van der Waals surface area contributed by atoms with Crippen molar-refractivity contribution >= 4 is 5.57 Å². The molecular formula is C35H29F2N3O. The van der Waals surface area contributed by atoms with Crippen molar-refractivity contribution in [2.75, 3.05) is 13.1 Å². The molecule has 7 rings (SSSR count). The molecule has 5 aromatic rings. The van der Waals surface area contributed by atoms with Gasteiger partial charge in [-0.1, -0.05) is 36.4 Å². The molecule has 0 spiro atoms. The molecule has 0 bridgehead atoms. The number of fused-ring (bicyclic) bond motifs is 1. The van der Waals surface area contributed by atoms with Crippen LogP contribution in [0.1, 0.15) is 29.9 Å². The van der Waals surface area contributed by atoms with Gasteiger partial charge in [0, 0.05) is 54.4 Å². The molecule has 0 aliphatic carbocycles. The van der Waals surface area contributed by atoms with Crippen LogP contribution in [0.3, 0.4) is 0 Å². The third-order valence-electron chi connectivity index (χ3n) is 8.25. The molecule has 1 saturated heterocycles. The molecule has 2 atom stereocenters. The Hall–Kier alpha value is -4.55. The lowest BCUT2D eigenvalue weighted by Gasteiger charge is -2.28. The molecule has 4 heterocycles. The average Bonchev–Trinajstić information content (AvgIpc) is 3.65. The van der Waals surface area contributed by atoms with E-state index in [1.54, 1.807) is 18.5 Å². The monoisotopic (exact) mass is 545 g/mol. The number of para-hydroxylation sites is 1. The van der Waals surface area contributed by atoms with Crippen LogP contribution in [0, 0.1) is 11.6 Å². The Labute approximate surface area is 238 Å². The Kier molecular flexibility index (Phi) is 6.69. The van der Waals surface area contributed by atoms with Gasteiger partial charge in [0.25, 0.3) is 0 Å². The first-order valence-corrected chi connectivity index (χ1v) is 14.0. The highest BCUT2D eigenvalue weighted by Gasteiger charge is 2.34. The summed E-state index contributed by atoms with van der Waals surface area (Å²) in [4.78, 5) is 10.1. The van der Waals surface area contributed by atoms with Gasteiger partial charge in [-0.25, -0.2) is 8.78 Å². The van der Waals surface area contributed by atoms with Crippen LogP contribution >= 0.6 is 0 Å². The van der Waals surface area contributed by atoms with Gasteiger partial charge in [-0.3, -0.25) is 9.88 Å². The number of ether oxygens (including phenoxy) is 1. The zero-order chi connectivity index (χ0) is 27.8. The molecule has 2 aliphatic heterocycles. The minimum Gasteiger partial charge on any atom is -0.457 e. The number of aromatic amines is 1. The Balaban J connectivity index is 1.15. The van der Waals surface area contributed by atoms with Gasteiger partial charge >= 0.3 is 0 Å². The standard InChI is InChI=1S/C35H29F2N3O/c36-32-11-8-26(20-33(32)37)35-34(24-12-15-38-16-13-24)31(21-39-35)25-14-17-40-22-27(19-28(40)18-25)23-6-9-30(10-7-23)41-29-4-2-1-3-5-29/h1-13,15-16,18,20-21,27-28,39H,14,17,19,22H2/t27-,28-/m1/s1. The molecule has 1 fully saturated rings. The van der Waals surface area contributed by atoms with Crippen molar-refractivity contribution in [2.24, 2.45) is 0 Å². The smallest absolute Gasteiger partial charge is 0.159 e. The molecule has 204 valence electrons. The van der Waals surface area contributed by atoms with Crippen molar-refractivity contribution in [1.82, 2.24) is 14.9 Å². The molecule has 2 aliphatic rings. The summed E-state index contributed by atoms with van der Waals surface area (Å²) in [6, 6.07) is 26.6. The van der Waals surface area contributed by atoms with Gasteiger partial charge in [-0.15, -0.1) is 0 Å². The number of halogens is 2. The lowest BCUT2D eigenvalue weighted by atomic mass is 9.90. The lowest BCUT2D eigenvalue weighted by Crippen LogP contribution is -2.32. The van der Waals surface area contributed by atoms with Gasteiger partial charge in [0.15, 0.2) is 11.6 Å². The number of rotatable bonds is 6. The lowest BCUT2D eigenvalue weighted by molar-refractivity contribution is 0.286. The van der Waals surface area contributed by atoms with Crippen LogP contribution in [0.4, 0.5) is 8.78 Å². The summed E-state index contributed by atoms with van der Waals surface area (Å²) in [6.07, 6.45) is 9.89. The summed E-state index contributed by atoms with van der Waals surface area (Å²) in [5.41, 5.74) is 7.06. The van der Waals surface area contributed by atoms with Crippen LogP contribution in [0.15, 0.2) is 110 Å². The molecule has 3 aromatic carbocycles. The molecule has 4 nitrogen and oxygen atoms in total. The topological polar surface area (TPSA) is 41.1 Å². The van der Waals surface area contributed by atoms with Crippen molar-refractivity contribution in [2.45, 2.75) is 24.8 Å². The Morgan fingerprint density at radius 3 is 2.39 bits per heavy atom. The van der Waals surface area contributed by atoms with Crippen LogP contribution in [0.2, 0.25) is 0 Å². The minimum absolute atomic E-state index is 0.343. The van der Waals surface area contributed by atoms with Crippen LogP contribution in [-0.4, -0.2) is 34.0 Å². The molecule has 6 heteroatoms. The summed E-state index contributed by atoms with van der Waals surface area (Å²) in [5.74, 6) is 0.411. The molecular weight excluding hydrogens is 516 g/mol. The van der Waals surface area contributed by atoms with Crippen LogP contribution in [-0.2, 0) is 0 Å². The van der Waals surface area contributed by atoms with E-state index < -0.39 is 11.6 Å². The normalized spacial score (nSPS) is 18.6. The zero-order valence-corrected chi connectivity index (χ0v) is 22.4. The zero-order valence-electron chi connectivity index (χ0n) is 22.4. The van der Waals surface area contributed by atoms with Crippen LogP contribution in [0.25, 0.3) is 28.0 Å². The van der Waals surface area contributed by atoms with Gasteiger partial charge in [0.05, 0.1) is 5.69 Å². The van der Waals surface area contributed by atoms with E-state index in [4.69, 9.17) is 4.74 Å². The first-order valence-electron chi connectivity index (χ1n) is 14.0. The SMILES string of the molecule is Fc1ccc(-c2[nH]cc(C3=C[C@@H]4C[C@@H](c5ccc(Oc6ccccc6)cc5)CN4CC3)c2-c2ccncc2)cc1F. The van der Waals surface area contributed by atoms with E-state index in [0.29, 0.717) is 17.5 Å². The average molecular weight is 546 g/mol. The summed E-state index contributed by atoms with van der Waals surface area (Å²) < 4.78 is 33.9. The maximum Gasteiger partial charge on any atom is 0.159 e. The van der Waals surface area contributed by atoms with Crippen molar-refractivity contribution in [3.63, 3.8) is 0 Å². The molecule has 2 aromatic heterocycles. The van der Waals surface area contributed by atoms with E-state index >= 15 is 0 Å². The number of hydrogen-bond donors (Lipinski definition) is 1. The highest BCUT2D eigenvalue weighted by atomic mass is 19.2. The van der Waals surface area contributed by atoms with E-state index in [2.05, 4.69) is 45.2 Å². The highest BCUT2D eigenvalue weighted by molar-refractivity contribution is 5.91. The number of nitrogens with zero attached hydrogens (tertiary/aromatic N) is 2. The van der Waals surface area contributed by atoms with E-state index in [1.165, 1.54) is 23.3 Å². The van der Waals surface area contributed by atoms with Gasteiger partial charge in [-0.05, 0) is 90.1 Å². The van der Waals surface area contributed by atoms with E-state index in [-0.39, 0.29) is 0 Å². The van der Waals surface area contributed by atoms with E-state index in [9.17, 15) is 8.78 Å². The Bertz CT molecular complexity index is 1700. The van der Waals surface area contributed by atoms with Gasteiger partial charge in [-0.2, -0.15) is 0 Å². The molecule has 0 unspecified atom stereocenters. The van der Waals surface area contributed by atoms with Crippen molar-refractivity contribution in [1.29, 1.82) is 0 Å². The second kappa shape index (κ2) is 10.8. The maximum absolute atomic E-state index is 14.2. The fraction of sp³-hybridized carbons (Fsp3) is 0.171. The molecule has 0 radical (unpaired) electrons. The van der Waals surface area contributed by atoms with Crippen LogP contribution < -0.4 is 4.74 Å². The number of aromatic nitrogens is 2. The maximum atomic E-state index is 14.2. The second-order valence-corrected chi connectivity index (χ2v) is 10.7. The summed E-state index contributed by atoms with van der Waals surface area (Å²) in [7, 11) is 0. The number of benzene rings is 3. The van der Waals surface area contributed by atoms with E-state index in [1.807, 2.05) is 48.7 Å². The highest BCUT2D eigenvalue weighted by Crippen LogP contribution is 2.43.